The Kier molecular flexibility index (Phi) is 5.91. The second-order valence-electron chi connectivity index (χ2n) is 8.70. The summed E-state index contributed by atoms with van der Waals surface area (Å²) in [6.07, 6.45) is 3.89. The number of nitrogens with zero attached hydrogens (tertiary/aromatic N) is 4. The minimum atomic E-state index is 0.0453. The van der Waals surface area contributed by atoms with E-state index in [2.05, 4.69) is 45.9 Å². The number of methoxy groups -OCH3 is 1. The number of benzene rings is 1. The van der Waals surface area contributed by atoms with E-state index < -0.39 is 0 Å². The molecule has 1 unspecified atom stereocenters. The molecule has 2 fully saturated rings. The first kappa shape index (κ1) is 21.1. The van der Waals surface area contributed by atoms with Gasteiger partial charge in [0, 0.05) is 72.2 Å². The fraction of sp³-hybridized carbons (Fsp3) is 0.440. The number of fused-ring (bicyclic) bond motifs is 1. The Labute approximate surface area is 193 Å². The topological polar surface area (TPSA) is 48.9 Å². The van der Waals surface area contributed by atoms with Crippen molar-refractivity contribution >= 4 is 38.8 Å². The molecule has 5 rings (SSSR count). The van der Waals surface area contributed by atoms with Gasteiger partial charge in [-0.15, -0.1) is 11.3 Å². The second kappa shape index (κ2) is 8.98. The van der Waals surface area contributed by atoms with Crippen LogP contribution in [0.1, 0.15) is 17.7 Å². The number of aromatic nitrogens is 1. The van der Waals surface area contributed by atoms with Crippen LogP contribution in [0.25, 0.3) is 10.1 Å². The van der Waals surface area contributed by atoms with Crippen molar-refractivity contribution in [3.63, 3.8) is 0 Å². The van der Waals surface area contributed by atoms with Crippen LogP contribution in [0.4, 0.5) is 11.5 Å². The highest BCUT2D eigenvalue weighted by Gasteiger charge is 2.32. The Morgan fingerprint density at radius 1 is 1.09 bits per heavy atom. The summed E-state index contributed by atoms with van der Waals surface area (Å²) in [6, 6.07) is 12.5. The summed E-state index contributed by atoms with van der Waals surface area (Å²) in [6.45, 7) is 7.11. The van der Waals surface area contributed by atoms with Gasteiger partial charge in [-0.2, -0.15) is 0 Å². The van der Waals surface area contributed by atoms with Crippen molar-refractivity contribution in [1.82, 2.24) is 9.88 Å². The Balaban J connectivity index is 1.24. The first-order chi connectivity index (χ1) is 15.6. The average molecular weight is 451 g/mol. The van der Waals surface area contributed by atoms with Gasteiger partial charge in [-0.25, -0.2) is 4.98 Å². The van der Waals surface area contributed by atoms with Crippen molar-refractivity contribution in [3.05, 3.63) is 47.5 Å². The maximum Gasteiger partial charge on any atom is 0.227 e. The van der Waals surface area contributed by atoms with Gasteiger partial charge in [0.15, 0.2) is 0 Å². The number of pyridine rings is 1. The maximum absolute atomic E-state index is 13.4. The number of ether oxygens (including phenoxy) is 1. The minimum Gasteiger partial charge on any atom is -0.497 e. The van der Waals surface area contributed by atoms with Crippen LogP contribution < -0.4 is 14.5 Å². The molecule has 0 bridgehead atoms. The van der Waals surface area contributed by atoms with Crippen LogP contribution in [0.5, 0.6) is 5.75 Å². The Morgan fingerprint density at radius 3 is 2.75 bits per heavy atom. The van der Waals surface area contributed by atoms with Gasteiger partial charge in [0.25, 0.3) is 0 Å². The third-order valence-electron chi connectivity index (χ3n) is 6.63. The number of rotatable bonds is 4. The predicted octanol–water partition coefficient (Wildman–Crippen LogP) is 4.18. The van der Waals surface area contributed by atoms with E-state index in [4.69, 9.17) is 9.72 Å². The Bertz CT molecular complexity index is 1110. The lowest BCUT2D eigenvalue weighted by Crippen LogP contribution is -2.52. The van der Waals surface area contributed by atoms with Crippen LogP contribution in [-0.2, 0) is 4.79 Å². The van der Waals surface area contributed by atoms with E-state index in [1.165, 1.54) is 15.0 Å². The van der Waals surface area contributed by atoms with Gasteiger partial charge in [-0.05, 0) is 44.0 Å². The van der Waals surface area contributed by atoms with Crippen LogP contribution in [0.15, 0.2) is 42.6 Å². The lowest BCUT2D eigenvalue weighted by Gasteiger charge is -2.40. The van der Waals surface area contributed by atoms with Crippen molar-refractivity contribution in [2.24, 2.45) is 5.92 Å². The fourth-order valence-corrected chi connectivity index (χ4v) is 5.86. The zero-order valence-electron chi connectivity index (χ0n) is 18.8. The Morgan fingerprint density at radius 2 is 1.94 bits per heavy atom. The second-order valence-corrected chi connectivity index (χ2v) is 9.99. The minimum absolute atomic E-state index is 0.0453. The molecule has 168 valence electrons. The molecule has 32 heavy (non-hydrogen) atoms. The summed E-state index contributed by atoms with van der Waals surface area (Å²) in [5, 5.41) is 1.22. The molecule has 1 amide bonds. The summed E-state index contributed by atoms with van der Waals surface area (Å²) in [7, 11) is 1.69. The number of carbonyl (C=O) groups is 1. The number of thiophene rings is 1. The molecule has 0 aliphatic carbocycles. The van der Waals surface area contributed by atoms with Gasteiger partial charge in [0.2, 0.25) is 5.91 Å². The number of carbonyl (C=O) groups excluding carboxylic acids is 1. The number of hydrogen-bond acceptors (Lipinski definition) is 6. The fourth-order valence-electron chi connectivity index (χ4n) is 4.95. The Hall–Kier alpha value is -2.80. The van der Waals surface area contributed by atoms with Crippen LogP contribution in [-0.4, -0.2) is 62.2 Å². The van der Waals surface area contributed by atoms with Crippen molar-refractivity contribution in [2.45, 2.75) is 19.8 Å². The van der Waals surface area contributed by atoms with Crippen LogP contribution >= 0.6 is 11.3 Å². The van der Waals surface area contributed by atoms with Crippen molar-refractivity contribution in [1.29, 1.82) is 0 Å². The number of hydrogen-bond donors (Lipinski definition) is 0. The number of anilines is 2. The highest BCUT2D eigenvalue weighted by atomic mass is 32.1. The molecule has 7 heteroatoms. The molecule has 2 saturated heterocycles. The van der Waals surface area contributed by atoms with Gasteiger partial charge in [0.1, 0.15) is 11.6 Å². The largest absolute Gasteiger partial charge is 0.497 e. The monoisotopic (exact) mass is 450 g/mol. The van der Waals surface area contributed by atoms with Crippen LogP contribution in [0.3, 0.4) is 0 Å². The molecule has 1 aromatic carbocycles. The van der Waals surface area contributed by atoms with E-state index >= 15 is 0 Å². The zero-order valence-corrected chi connectivity index (χ0v) is 19.6. The summed E-state index contributed by atoms with van der Waals surface area (Å²) < 4.78 is 6.63. The third kappa shape index (κ3) is 4.13. The normalized spacial score (nSPS) is 19.4. The van der Waals surface area contributed by atoms with Crippen LogP contribution in [0.2, 0.25) is 0 Å². The molecule has 1 atom stereocenters. The van der Waals surface area contributed by atoms with E-state index in [0.29, 0.717) is 5.91 Å². The van der Waals surface area contributed by atoms with Gasteiger partial charge in [-0.3, -0.25) is 4.79 Å². The number of amides is 1. The lowest BCUT2D eigenvalue weighted by molar-refractivity contribution is -0.136. The molecule has 3 aromatic rings. The maximum atomic E-state index is 13.4. The summed E-state index contributed by atoms with van der Waals surface area (Å²) in [5.41, 5.74) is 1.16. The molecule has 0 spiro atoms. The van der Waals surface area contributed by atoms with Crippen molar-refractivity contribution < 1.29 is 9.53 Å². The molecule has 0 saturated carbocycles. The average Bonchev–Trinajstić information content (AvgIpc) is 3.24. The highest BCUT2D eigenvalue weighted by molar-refractivity contribution is 7.19. The van der Waals surface area contributed by atoms with E-state index in [9.17, 15) is 4.79 Å². The smallest absolute Gasteiger partial charge is 0.227 e. The number of aryl methyl sites for hydroxylation is 1. The summed E-state index contributed by atoms with van der Waals surface area (Å²) >= 11 is 1.81. The first-order valence-corrected chi connectivity index (χ1v) is 12.2. The molecule has 2 aromatic heterocycles. The van der Waals surface area contributed by atoms with E-state index in [0.717, 1.165) is 69.4 Å². The van der Waals surface area contributed by atoms with E-state index in [1.807, 2.05) is 18.3 Å². The molecule has 0 radical (unpaired) electrons. The summed E-state index contributed by atoms with van der Waals surface area (Å²) in [5.74, 6) is 2.25. The van der Waals surface area contributed by atoms with Crippen molar-refractivity contribution in [3.8, 4) is 5.75 Å². The first-order valence-electron chi connectivity index (χ1n) is 11.4. The molecule has 2 aliphatic rings. The van der Waals surface area contributed by atoms with E-state index in [-0.39, 0.29) is 5.92 Å². The SMILES string of the molecule is COc1cccc(N2CCN(C(=O)C3CCCN(c4nccc5sc(C)cc45)C3)CC2)c1. The number of piperazine rings is 1. The molecular formula is C25H30N4O2S. The standard InChI is InChI=1S/C25H30N4O2S/c1-18-15-22-23(32-18)8-9-26-24(22)29-10-4-5-19(17-29)25(30)28-13-11-27(12-14-28)20-6-3-7-21(16-20)31-2/h3,6-9,15-16,19H,4-5,10-14,17H2,1-2H3. The predicted molar refractivity (Wildman–Crippen MR) is 131 cm³/mol. The number of piperidine rings is 1. The molecule has 2 aliphatic heterocycles. The third-order valence-corrected chi connectivity index (χ3v) is 7.64. The van der Waals surface area contributed by atoms with Gasteiger partial charge in [-0.1, -0.05) is 6.07 Å². The van der Waals surface area contributed by atoms with Gasteiger partial charge >= 0.3 is 0 Å². The zero-order chi connectivity index (χ0) is 22.1. The lowest BCUT2D eigenvalue weighted by atomic mass is 9.96. The van der Waals surface area contributed by atoms with Gasteiger partial charge < -0.3 is 19.4 Å². The quantitative estimate of drug-likeness (QED) is 0.597. The highest BCUT2D eigenvalue weighted by Crippen LogP contribution is 2.33. The molecule has 6 nitrogen and oxygen atoms in total. The molecular weight excluding hydrogens is 420 g/mol. The summed E-state index contributed by atoms with van der Waals surface area (Å²) in [4.78, 5) is 26.1. The van der Waals surface area contributed by atoms with Crippen LogP contribution in [0, 0.1) is 12.8 Å². The van der Waals surface area contributed by atoms with E-state index in [1.54, 1.807) is 18.4 Å². The van der Waals surface area contributed by atoms with Crippen molar-refractivity contribution in [2.75, 3.05) is 56.2 Å². The molecule has 4 heterocycles. The molecule has 0 N–H and O–H groups in total. The van der Waals surface area contributed by atoms with Gasteiger partial charge in [0.05, 0.1) is 13.0 Å².